The van der Waals surface area contributed by atoms with Gasteiger partial charge in [0.15, 0.2) is 11.5 Å². The Morgan fingerprint density at radius 1 is 1.28 bits per heavy atom. The predicted molar refractivity (Wildman–Crippen MR) is 95.8 cm³/mol. The molecule has 8 nitrogen and oxygen atoms in total. The van der Waals surface area contributed by atoms with E-state index in [4.69, 9.17) is 15.2 Å². The summed E-state index contributed by atoms with van der Waals surface area (Å²) in [6, 6.07) is 2.72. The average Bonchev–Trinajstić information content (AvgIpc) is 2.86. The van der Waals surface area contributed by atoms with Gasteiger partial charge in [0.25, 0.3) is 11.6 Å². The second kappa shape index (κ2) is 7.31. The van der Waals surface area contributed by atoms with Crippen LogP contribution in [0.25, 0.3) is 0 Å². The summed E-state index contributed by atoms with van der Waals surface area (Å²) in [6.45, 7) is 3.63. The molecule has 1 heterocycles. The van der Waals surface area contributed by atoms with Gasteiger partial charge in [-0.15, -0.1) is 11.3 Å². The molecule has 0 radical (unpaired) electrons. The van der Waals surface area contributed by atoms with Crippen LogP contribution in [0.15, 0.2) is 17.1 Å². The van der Waals surface area contributed by atoms with Crippen molar-refractivity contribution in [1.29, 1.82) is 0 Å². The average molecular weight is 363 g/mol. The van der Waals surface area contributed by atoms with Crippen LogP contribution in [-0.2, 0) is 0 Å². The van der Waals surface area contributed by atoms with Gasteiger partial charge in [0.2, 0.25) is 0 Å². The first-order valence-corrected chi connectivity index (χ1v) is 7.96. The van der Waals surface area contributed by atoms with E-state index in [0.717, 1.165) is 10.4 Å². The normalized spacial score (nSPS) is 10.9. The molecule has 1 aromatic carbocycles. The van der Waals surface area contributed by atoms with E-state index in [1.54, 1.807) is 6.92 Å². The minimum absolute atomic E-state index is 0.188. The van der Waals surface area contributed by atoms with Crippen LogP contribution in [0, 0.1) is 24.0 Å². The summed E-state index contributed by atoms with van der Waals surface area (Å²) in [5, 5.41) is 11.7. The molecule has 0 fully saturated rings. The van der Waals surface area contributed by atoms with Crippen LogP contribution >= 0.6 is 11.3 Å². The molecule has 0 atom stereocenters. The van der Waals surface area contributed by atoms with Crippen LogP contribution in [0.1, 0.15) is 26.4 Å². The van der Waals surface area contributed by atoms with Crippen molar-refractivity contribution in [2.24, 2.45) is 10.7 Å². The molecule has 0 spiro atoms. The molecule has 0 bridgehead atoms. The van der Waals surface area contributed by atoms with Gasteiger partial charge in [0, 0.05) is 11.1 Å². The van der Waals surface area contributed by atoms with Crippen LogP contribution in [0.2, 0.25) is 0 Å². The number of amides is 1. The maximum absolute atomic E-state index is 11.6. The minimum Gasteiger partial charge on any atom is -0.493 e. The van der Waals surface area contributed by atoms with Crippen LogP contribution in [-0.4, -0.2) is 31.3 Å². The van der Waals surface area contributed by atoms with Crippen molar-refractivity contribution in [2.45, 2.75) is 13.8 Å². The number of thiophene rings is 1. The van der Waals surface area contributed by atoms with Gasteiger partial charge in [-0.3, -0.25) is 14.9 Å². The lowest BCUT2D eigenvalue weighted by atomic mass is 10.1. The summed E-state index contributed by atoms with van der Waals surface area (Å²) in [6.07, 6.45) is 1.32. The molecule has 0 unspecified atom stereocenters. The fraction of sp³-hybridized carbons (Fsp3) is 0.250. The maximum atomic E-state index is 11.6. The van der Waals surface area contributed by atoms with E-state index in [0.29, 0.717) is 16.3 Å². The summed E-state index contributed by atoms with van der Waals surface area (Å²) in [5.41, 5.74) is 6.52. The van der Waals surface area contributed by atoms with E-state index in [1.807, 2.05) is 6.92 Å². The van der Waals surface area contributed by atoms with Crippen molar-refractivity contribution in [1.82, 2.24) is 0 Å². The van der Waals surface area contributed by atoms with Gasteiger partial charge in [-0.25, -0.2) is 4.99 Å². The number of primary amides is 1. The molecule has 2 N–H and O–H groups in total. The summed E-state index contributed by atoms with van der Waals surface area (Å²) >= 11 is 1.30. The van der Waals surface area contributed by atoms with Gasteiger partial charge in [0.05, 0.1) is 36.3 Å². The van der Waals surface area contributed by atoms with Crippen LogP contribution in [0.5, 0.6) is 11.5 Å². The highest BCUT2D eigenvalue weighted by Gasteiger charge is 2.20. The highest BCUT2D eigenvalue weighted by atomic mass is 32.1. The number of nitrogens with zero attached hydrogens (tertiary/aromatic N) is 2. The molecule has 0 aliphatic heterocycles. The van der Waals surface area contributed by atoms with Crippen LogP contribution in [0.4, 0.5) is 10.7 Å². The van der Waals surface area contributed by atoms with Gasteiger partial charge in [-0.05, 0) is 25.5 Å². The molecule has 0 saturated carbocycles. The number of ether oxygens (including phenoxy) is 2. The minimum atomic E-state index is -0.587. The van der Waals surface area contributed by atoms with Gasteiger partial charge >= 0.3 is 0 Å². The number of rotatable bonds is 6. The Balaban J connectivity index is 2.57. The molecule has 25 heavy (non-hydrogen) atoms. The number of nitro benzene ring substituents is 1. The van der Waals surface area contributed by atoms with E-state index in [9.17, 15) is 14.9 Å². The number of hydrogen-bond acceptors (Lipinski definition) is 7. The van der Waals surface area contributed by atoms with Crippen molar-refractivity contribution < 1.29 is 19.2 Å². The third kappa shape index (κ3) is 3.61. The molecule has 9 heteroatoms. The second-order valence-corrected chi connectivity index (χ2v) is 6.31. The zero-order valence-electron chi connectivity index (χ0n) is 14.2. The van der Waals surface area contributed by atoms with E-state index < -0.39 is 10.8 Å². The summed E-state index contributed by atoms with van der Waals surface area (Å²) in [4.78, 5) is 27.6. The van der Waals surface area contributed by atoms with Crippen molar-refractivity contribution >= 4 is 34.1 Å². The molecular weight excluding hydrogens is 346 g/mol. The van der Waals surface area contributed by atoms with Gasteiger partial charge < -0.3 is 15.2 Å². The highest BCUT2D eigenvalue weighted by molar-refractivity contribution is 7.16. The fourth-order valence-corrected chi connectivity index (χ4v) is 3.27. The molecule has 2 rings (SSSR count). The smallest absolute Gasteiger partial charge is 0.282 e. The summed E-state index contributed by atoms with van der Waals surface area (Å²) < 4.78 is 10.2. The van der Waals surface area contributed by atoms with Gasteiger partial charge in [-0.2, -0.15) is 0 Å². The lowest BCUT2D eigenvalue weighted by molar-refractivity contribution is -0.385. The number of carbonyl (C=O) groups is 1. The number of nitrogens with two attached hydrogens (primary N) is 1. The monoisotopic (exact) mass is 363 g/mol. The number of aliphatic imine (C=N–C) groups is 1. The lowest BCUT2D eigenvalue weighted by Gasteiger charge is -2.08. The topological polar surface area (TPSA) is 117 Å². The third-order valence-electron chi connectivity index (χ3n) is 3.66. The number of hydrogen-bond donors (Lipinski definition) is 1. The molecule has 0 aliphatic rings. The molecule has 2 aromatic rings. The predicted octanol–water partition coefficient (Wildman–Crippen LogP) is 3.14. The first kappa shape index (κ1) is 18.4. The molecule has 132 valence electrons. The Kier molecular flexibility index (Phi) is 5.38. The number of methoxy groups -OCH3 is 2. The first-order valence-electron chi connectivity index (χ1n) is 7.14. The maximum Gasteiger partial charge on any atom is 0.282 e. The van der Waals surface area contributed by atoms with Crippen LogP contribution < -0.4 is 15.2 Å². The molecule has 1 aromatic heterocycles. The largest absolute Gasteiger partial charge is 0.493 e. The quantitative estimate of drug-likeness (QED) is 0.480. The van der Waals surface area contributed by atoms with Crippen molar-refractivity contribution in [3.05, 3.63) is 43.8 Å². The van der Waals surface area contributed by atoms with Gasteiger partial charge in [-0.1, -0.05) is 0 Å². The van der Waals surface area contributed by atoms with E-state index in [1.165, 1.54) is 43.9 Å². The molecule has 0 aliphatic carbocycles. The molecule has 1 amide bonds. The number of nitro groups is 1. The Labute approximate surface area is 148 Å². The highest BCUT2D eigenvalue weighted by Crippen LogP contribution is 2.36. The van der Waals surface area contributed by atoms with E-state index >= 15 is 0 Å². The lowest BCUT2D eigenvalue weighted by Crippen LogP contribution is -2.11. The van der Waals surface area contributed by atoms with Crippen molar-refractivity contribution in [2.75, 3.05) is 14.2 Å². The Morgan fingerprint density at radius 3 is 2.40 bits per heavy atom. The van der Waals surface area contributed by atoms with Gasteiger partial charge in [0.1, 0.15) is 5.00 Å². The van der Waals surface area contributed by atoms with Crippen LogP contribution in [0.3, 0.4) is 0 Å². The number of benzene rings is 1. The summed E-state index contributed by atoms with van der Waals surface area (Å²) in [5.74, 6) is -0.00832. The van der Waals surface area contributed by atoms with Crippen molar-refractivity contribution in [3.63, 3.8) is 0 Å². The molecule has 0 saturated heterocycles. The Bertz CT molecular complexity index is 873. The van der Waals surface area contributed by atoms with E-state index in [2.05, 4.69) is 4.99 Å². The number of carbonyl (C=O) groups excluding carboxylic acids is 1. The van der Waals surface area contributed by atoms with E-state index in [-0.39, 0.29) is 17.0 Å². The first-order chi connectivity index (χ1) is 11.8. The van der Waals surface area contributed by atoms with Crippen molar-refractivity contribution in [3.8, 4) is 11.5 Å². The Hall–Kier alpha value is -2.94. The fourth-order valence-electron chi connectivity index (χ4n) is 2.26. The standard InChI is InChI=1S/C16H17N3O5S/c1-8-9(2)25-16(14(8)15(17)20)18-7-10-5-12(23-3)13(24-4)6-11(10)19(21)22/h5-7H,1-4H3,(H2,17,20). The Morgan fingerprint density at radius 2 is 1.88 bits per heavy atom. The third-order valence-corrected chi connectivity index (χ3v) is 4.78. The second-order valence-electron chi connectivity index (χ2n) is 5.11. The summed E-state index contributed by atoms with van der Waals surface area (Å²) in [7, 11) is 2.83. The SMILES string of the molecule is COc1cc(C=Nc2sc(C)c(C)c2C(N)=O)c([N+](=O)[O-])cc1OC. The molecular formula is C16H17N3O5S. The zero-order chi connectivity index (χ0) is 18.7. The number of aryl methyl sites for hydroxylation is 1. The zero-order valence-corrected chi connectivity index (χ0v) is 15.0.